The van der Waals surface area contributed by atoms with Gasteiger partial charge in [-0.15, -0.1) is 0 Å². The molecule has 0 unspecified atom stereocenters. The Morgan fingerprint density at radius 2 is 1.67 bits per heavy atom. The number of rotatable bonds is 5. The van der Waals surface area contributed by atoms with Crippen molar-refractivity contribution in [1.29, 1.82) is 0 Å². The number of Topliss-reactive ketones (excluding diaryl/α,β-unsaturated/α-hetero) is 1. The van der Waals surface area contributed by atoms with Crippen LogP contribution in [0, 0.1) is 3.57 Å². The lowest BCUT2D eigenvalue weighted by Crippen LogP contribution is -2.07. The number of halogens is 1. The molecule has 0 aliphatic carbocycles. The summed E-state index contributed by atoms with van der Waals surface area (Å²) >= 11 is 2.22. The van der Waals surface area contributed by atoms with E-state index in [2.05, 4.69) is 22.6 Å². The highest BCUT2D eigenvalue weighted by Gasteiger charge is 2.06. The van der Waals surface area contributed by atoms with Crippen LogP contribution < -0.4 is 4.74 Å². The van der Waals surface area contributed by atoms with E-state index >= 15 is 0 Å². The number of hydrogen-bond donors (Lipinski definition) is 0. The molecule has 0 aliphatic rings. The van der Waals surface area contributed by atoms with Crippen LogP contribution in [0.1, 0.15) is 16.8 Å². The molecule has 0 heterocycles. The lowest BCUT2D eigenvalue weighted by molar-refractivity contribution is 0.0962. The molecule has 0 N–H and O–H groups in total. The van der Waals surface area contributed by atoms with Crippen LogP contribution in [0.2, 0.25) is 0 Å². The van der Waals surface area contributed by atoms with Gasteiger partial charge in [-0.1, -0.05) is 42.5 Å². The van der Waals surface area contributed by atoms with E-state index in [1.54, 1.807) is 0 Å². The Labute approximate surface area is 120 Å². The highest BCUT2D eigenvalue weighted by molar-refractivity contribution is 14.1. The molecule has 0 bridgehead atoms. The lowest BCUT2D eigenvalue weighted by atomic mass is 10.1. The third kappa shape index (κ3) is 3.57. The summed E-state index contributed by atoms with van der Waals surface area (Å²) in [7, 11) is 0. The molecular weight excluding hydrogens is 339 g/mol. The first-order chi connectivity index (χ1) is 8.77. The highest BCUT2D eigenvalue weighted by Crippen LogP contribution is 2.19. The molecule has 0 spiro atoms. The maximum atomic E-state index is 11.8. The second-order valence-corrected chi connectivity index (χ2v) is 4.98. The average molecular weight is 352 g/mol. The Morgan fingerprint density at radius 3 is 2.39 bits per heavy atom. The van der Waals surface area contributed by atoms with Crippen LogP contribution in [-0.2, 0) is 0 Å². The van der Waals surface area contributed by atoms with Crippen molar-refractivity contribution < 1.29 is 9.53 Å². The standard InChI is InChI=1S/C15H13IO2/c16-13-8-4-5-9-15(13)18-11-10-14(17)12-6-2-1-3-7-12/h1-9H,10-11H2. The summed E-state index contributed by atoms with van der Waals surface area (Å²) in [5.74, 6) is 0.945. The highest BCUT2D eigenvalue weighted by atomic mass is 127. The van der Waals surface area contributed by atoms with E-state index in [1.807, 2.05) is 54.6 Å². The second-order valence-electron chi connectivity index (χ2n) is 3.82. The molecule has 0 fully saturated rings. The fourth-order valence-corrected chi connectivity index (χ4v) is 2.13. The molecule has 0 aromatic heterocycles. The summed E-state index contributed by atoms with van der Waals surface area (Å²) in [5, 5.41) is 0. The zero-order valence-corrected chi connectivity index (χ0v) is 12.0. The topological polar surface area (TPSA) is 26.3 Å². The van der Waals surface area contributed by atoms with Crippen LogP contribution in [0.4, 0.5) is 0 Å². The van der Waals surface area contributed by atoms with Crippen molar-refractivity contribution in [3.63, 3.8) is 0 Å². The molecule has 3 heteroatoms. The van der Waals surface area contributed by atoms with Gasteiger partial charge >= 0.3 is 0 Å². The predicted molar refractivity (Wildman–Crippen MR) is 80.0 cm³/mol. The molecule has 0 amide bonds. The first-order valence-corrected chi connectivity index (χ1v) is 6.81. The van der Waals surface area contributed by atoms with E-state index in [1.165, 1.54) is 0 Å². The fourth-order valence-electron chi connectivity index (χ4n) is 1.58. The first kappa shape index (κ1) is 13.1. The maximum Gasteiger partial charge on any atom is 0.166 e. The molecule has 0 saturated heterocycles. The van der Waals surface area contributed by atoms with E-state index in [4.69, 9.17) is 4.74 Å². The Hall–Kier alpha value is -1.36. The fraction of sp³-hybridized carbons (Fsp3) is 0.133. The molecule has 18 heavy (non-hydrogen) atoms. The first-order valence-electron chi connectivity index (χ1n) is 5.73. The van der Waals surface area contributed by atoms with Gasteiger partial charge in [-0.05, 0) is 34.7 Å². The summed E-state index contributed by atoms with van der Waals surface area (Å²) in [5.41, 5.74) is 0.740. The Bertz CT molecular complexity index is 523. The number of ether oxygens (including phenoxy) is 1. The number of para-hydroxylation sites is 1. The normalized spacial score (nSPS) is 10.1. The van der Waals surface area contributed by atoms with Gasteiger partial charge in [-0.2, -0.15) is 0 Å². The molecule has 2 aromatic rings. The number of carbonyl (C=O) groups excluding carboxylic acids is 1. The zero-order chi connectivity index (χ0) is 12.8. The number of hydrogen-bond acceptors (Lipinski definition) is 2. The smallest absolute Gasteiger partial charge is 0.166 e. The number of benzene rings is 2. The average Bonchev–Trinajstić information content (AvgIpc) is 2.42. The van der Waals surface area contributed by atoms with E-state index in [0.717, 1.165) is 14.9 Å². The van der Waals surface area contributed by atoms with Crippen molar-refractivity contribution in [1.82, 2.24) is 0 Å². The molecule has 0 atom stereocenters. The summed E-state index contributed by atoms with van der Waals surface area (Å²) in [6.07, 6.45) is 0.398. The monoisotopic (exact) mass is 352 g/mol. The van der Waals surface area contributed by atoms with Crippen LogP contribution in [0.25, 0.3) is 0 Å². The molecule has 2 nitrogen and oxygen atoms in total. The molecule has 92 valence electrons. The summed E-state index contributed by atoms with van der Waals surface area (Å²) < 4.78 is 6.66. The van der Waals surface area contributed by atoms with Gasteiger partial charge < -0.3 is 4.74 Å². The Balaban J connectivity index is 1.86. The third-order valence-electron chi connectivity index (χ3n) is 2.52. The SMILES string of the molecule is O=C(CCOc1ccccc1I)c1ccccc1. The van der Waals surface area contributed by atoms with E-state index in [-0.39, 0.29) is 5.78 Å². The van der Waals surface area contributed by atoms with Crippen molar-refractivity contribution in [3.8, 4) is 5.75 Å². The van der Waals surface area contributed by atoms with Crippen LogP contribution in [-0.4, -0.2) is 12.4 Å². The van der Waals surface area contributed by atoms with Gasteiger partial charge in [0.05, 0.1) is 10.2 Å². The molecule has 2 aromatic carbocycles. The van der Waals surface area contributed by atoms with Crippen LogP contribution in [0.3, 0.4) is 0 Å². The van der Waals surface area contributed by atoms with Gasteiger partial charge in [0, 0.05) is 12.0 Å². The third-order valence-corrected chi connectivity index (χ3v) is 3.41. The van der Waals surface area contributed by atoms with E-state index in [0.29, 0.717) is 13.0 Å². The van der Waals surface area contributed by atoms with Gasteiger partial charge in [0.2, 0.25) is 0 Å². The van der Waals surface area contributed by atoms with Crippen molar-refractivity contribution in [2.75, 3.05) is 6.61 Å². The summed E-state index contributed by atoms with van der Waals surface area (Å²) in [4.78, 5) is 11.8. The minimum atomic E-state index is 0.113. The largest absolute Gasteiger partial charge is 0.492 e. The second kappa shape index (κ2) is 6.54. The minimum absolute atomic E-state index is 0.113. The maximum absolute atomic E-state index is 11.8. The van der Waals surface area contributed by atoms with Crippen LogP contribution in [0.15, 0.2) is 54.6 Å². The van der Waals surface area contributed by atoms with Crippen LogP contribution in [0.5, 0.6) is 5.75 Å². The Morgan fingerprint density at radius 1 is 1.00 bits per heavy atom. The van der Waals surface area contributed by atoms with Crippen molar-refractivity contribution in [3.05, 3.63) is 63.7 Å². The van der Waals surface area contributed by atoms with E-state index < -0.39 is 0 Å². The molecule has 0 aliphatic heterocycles. The number of ketones is 1. The minimum Gasteiger partial charge on any atom is -0.492 e. The van der Waals surface area contributed by atoms with Gasteiger partial charge in [0.25, 0.3) is 0 Å². The van der Waals surface area contributed by atoms with E-state index in [9.17, 15) is 4.79 Å². The van der Waals surface area contributed by atoms with Crippen molar-refractivity contribution in [2.24, 2.45) is 0 Å². The summed E-state index contributed by atoms with van der Waals surface area (Å²) in [6.45, 7) is 0.410. The van der Waals surface area contributed by atoms with Gasteiger partial charge in [-0.25, -0.2) is 0 Å². The molecule has 0 radical (unpaired) electrons. The summed E-state index contributed by atoms with van der Waals surface area (Å²) in [6, 6.07) is 17.1. The quantitative estimate of drug-likeness (QED) is 0.602. The molecule has 2 rings (SSSR count). The molecular formula is C15H13IO2. The number of carbonyl (C=O) groups is 1. The predicted octanol–water partition coefficient (Wildman–Crippen LogP) is 3.94. The van der Waals surface area contributed by atoms with Gasteiger partial charge in [0.1, 0.15) is 5.75 Å². The zero-order valence-electron chi connectivity index (χ0n) is 9.80. The van der Waals surface area contributed by atoms with Crippen molar-refractivity contribution >= 4 is 28.4 Å². The van der Waals surface area contributed by atoms with Crippen molar-refractivity contribution in [2.45, 2.75) is 6.42 Å². The molecule has 0 saturated carbocycles. The van der Waals surface area contributed by atoms with Gasteiger partial charge in [0.15, 0.2) is 5.78 Å². The van der Waals surface area contributed by atoms with Crippen LogP contribution >= 0.6 is 22.6 Å². The Kier molecular flexibility index (Phi) is 4.75. The van der Waals surface area contributed by atoms with Gasteiger partial charge in [-0.3, -0.25) is 4.79 Å². The lowest BCUT2D eigenvalue weighted by Gasteiger charge is -2.07.